The molecule has 26 heavy (non-hydrogen) atoms. The van der Waals surface area contributed by atoms with Gasteiger partial charge in [-0.2, -0.15) is 0 Å². The van der Waals surface area contributed by atoms with Crippen molar-refractivity contribution in [2.24, 2.45) is 0 Å². The van der Waals surface area contributed by atoms with E-state index >= 15 is 0 Å². The molecule has 0 saturated heterocycles. The highest BCUT2D eigenvalue weighted by Crippen LogP contribution is 2.23. The Bertz CT molecular complexity index is 760. The number of hydrogen-bond donors (Lipinski definition) is 2. The summed E-state index contributed by atoms with van der Waals surface area (Å²) < 4.78 is 10.1. The second-order valence-corrected chi connectivity index (χ2v) is 5.60. The summed E-state index contributed by atoms with van der Waals surface area (Å²) in [6, 6.07) is 7.68. The minimum Gasteiger partial charge on any atom is -0.495 e. The van der Waals surface area contributed by atoms with E-state index in [1.807, 2.05) is 37.3 Å². The maximum atomic E-state index is 11.6. The van der Waals surface area contributed by atoms with E-state index in [-0.39, 0.29) is 0 Å². The van der Waals surface area contributed by atoms with Crippen LogP contribution in [0.15, 0.2) is 42.7 Å². The van der Waals surface area contributed by atoms with E-state index in [1.54, 1.807) is 26.4 Å². The topological polar surface area (TPSA) is 72.5 Å². The van der Waals surface area contributed by atoms with E-state index in [4.69, 9.17) is 9.47 Å². The number of rotatable bonds is 8. The molecule has 0 atom stereocenters. The van der Waals surface area contributed by atoms with Gasteiger partial charge in [0.25, 0.3) is 0 Å². The molecule has 2 aromatic rings. The van der Waals surface area contributed by atoms with Crippen LogP contribution in [0.4, 0.5) is 16.2 Å². The zero-order chi connectivity index (χ0) is 18.8. The van der Waals surface area contributed by atoms with E-state index in [0.717, 1.165) is 41.2 Å². The molecule has 1 aromatic carbocycles. The van der Waals surface area contributed by atoms with Gasteiger partial charge in [-0.15, -0.1) is 0 Å². The van der Waals surface area contributed by atoms with Crippen LogP contribution in [-0.4, -0.2) is 31.3 Å². The fourth-order valence-electron chi connectivity index (χ4n) is 2.39. The van der Waals surface area contributed by atoms with E-state index in [0.29, 0.717) is 6.61 Å². The molecule has 6 nitrogen and oxygen atoms in total. The van der Waals surface area contributed by atoms with Crippen molar-refractivity contribution in [1.82, 2.24) is 4.98 Å². The fraction of sp³-hybridized carbons (Fsp3) is 0.300. The molecule has 0 fully saturated rings. The summed E-state index contributed by atoms with van der Waals surface area (Å²) in [7, 11) is 1.63. The molecule has 6 heteroatoms. The Balaban J connectivity index is 1.87. The van der Waals surface area contributed by atoms with Gasteiger partial charge < -0.3 is 14.8 Å². The van der Waals surface area contributed by atoms with Crippen molar-refractivity contribution in [3.8, 4) is 5.75 Å². The van der Waals surface area contributed by atoms with Crippen LogP contribution >= 0.6 is 0 Å². The minimum absolute atomic E-state index is 0.345. The molecule has 0 aliphatic carbocycles. The second kappa shape index (κ2) is 10.1. The third-order valence-electron chi connectivity index (χ3n) is 3.75. The molecule has 0 aliphatic heterocycles. The van der Waals surface area contributed by atoms with Crippen molar-refractivity contribution in [2.45, 2.75) is 20.3 Å². The second-order valence-electron chi connectivity index (χ2n) is 5.60. The molecule has 0 bridgehead atoms. The summed E-state index contributed by atoms with van der Waals surface area (Å²) in [5, 5.41) is 6.14. The average Bonchev–Trinajstić information content (AvgIpc) is 2.64. The zero-order valence-electron chi connectivity index (χ0n) is 15.4. The summed E-state index contributed by atoms with van der Waals surface area (Å²) in [4.78, 5) is 15.7. The van der Waals surface area contributed by atoms with Gasteiger partial charge in [0.15, 0.2) is 0 Å². The number of anilines is 2. The van der Waals surface area contributed by atoms with Gasteiger partial charge in [0.2, 0.25) is 0 Å². The summed E-state index contributed by atoms with van der Waals surface area (Å²) in [6.07, 6.45) is 7.98. The lowest BCUT2D eigenvalue weighted by Gasteiger charge is -2.13. The summed E-state index contributed by atoms with van der Waals surface area (Å²) in [6.45, 7) is 4.86. The van der Waals surface area contributed by atoms with Crippen molar-refractivity contribution in [2.75, 3.05) is 30.9 Å². The van der Waals surface area contributed by atoms with Gasteiger partial charge in [0.1, 0.15) is 5.75 Å². The molecule has 0 spiro atoms. The number of nitrogens with zero attached hydrogens (tertiary/aromatic N) is 1. The van der Waals surface area contributed by atoms with Crippen molar-refractivity contribution >= 4 is 23.5 Å². The predicted octanol–water partition coefficient (Wildman–Crippen LogP) is 4.48. The zero-order valence-corrected chi connectivity index (χ0v) is 15.4. The SMILES string of the molecule is CCOC(=O)Nc1cccc(NCC/C=C/c2cncc(OC)c2)c1C. The Kier molecular flexibility index (Phi) is 7.49. The number of pyridine rings is 1. The lowest BCUT2D eigenvalue weighted by Crippen LogP contribution is -2.14. The molecule has 0 radical (unpaired) electrons. The normalized spacial score (nSPS) is 10.6. The lowest BCUT2D eigenvalue weighted by molar-refractivity contribution is 0.168. The van der Waals surface area contributed by atoms with E-state index in [2.05, 4.69) is 21.7 Å². The number of ether oxygens (including phenoxy) is 2. The first-order chi connectivity index (χ1) is 12.6. The number of aromatic nitrogens is 1. The van der Waals surface area contributed by atoms with Crippen LogP contribution in [0.3, 0.4) is 0 Å². The number of carbonyl (C=O) groups excluding carboxylic acids is 1. The molecule has 2 N–H and O–H groups in total. The Morgan fingerprint density at radius 2 is 2.08 bits per heavy atom. The van der Waals surface area contributed by atoms with Crippen LogP contribution in [0.2, 0.25) is 0 Å². The predicted molar refractivity (Wildman–Crippen MR) is 105 cm³/mol. The standard InChI is InChI=1S/C20H25N3O3/c1-4-26-20(24)23-19-10-7-9-18(15(19)2)22-11-6-5-8-16-12-17(25-3)14-21-13-16/h5,7-10,12-14,22H,4,6,11H2,1-3H3,(H,23,24)/b8-5+. The number of hydrogen-bond acceptors (Lipinski definition) is 5. The van der Waals surface area contributed by atoms with E-state index < -0.39 is 6.09 Å². The van der Waals surface area contributed by atoms with Gasteiger partial charge in [-0.3, -0.25) is 10.3 Å². The number of carbonyl (C=O) groups is 1. The van der Waals surface area contributed by atoms with Crippen molar-refractivity contribution in [3.05, 3.63) is 53.9 Å². The van der Waals surface area contributed by atoms with Crippen LogP contribution in [0.5, 0.6) is 5.75 Å². The van der Waals surface area contributed by atoms with E-state index in [9.17, 15) is 4.79 Å². The largest absolute Gasteiger partial charge is 0.495 e. The van der Waals surface area contributed by atoms with Crippen molar-refractivity contribution in [3.63, 3.8) is 0 Å². The van der Waals surface area contributed by atoms with Gasteiger partial charge in [0.05, 0.1) is 19.9 Å². The van der Waals surface area contributed by atoms with Gasteiger partial charge in [-0.25, -0.2) is 4.79 Å². The molecule has 0 saturated carbocycles. The Morgan fingerprint density at radius 1 is 1.27 bits per heavy atom. The molecular formula is C20H25N3O3. The van der Waals surface area contributed by atoms with Crippen LogP contribution in [0.1, 0.15) is 24.5 Å². The Morgan fingerprint density at radius 3 is 2.85 bits per heavy atom. The third kappa shape index (κ3) is 5.81. The molecule has 0 unspecified atom stereocenters. The number of nitrogens with one attached hydrogen (secondary N) is 2. The number of amides is 1. The maximum absolute atomic E-state index is 11.6. The fourth-order valence-corrected chi connectivity index (χ4v) is 2.39. The molecule has 138 valence electrons. The molecule has 2 rings (SSSR count). The Hall–Kier alpha value is -3.02. The minimum atomic E-state index is -0.442. The van der Waals surface area contributed by atoms with Gasteiger partial charge >= 0.3 is 6.09 Å². The smallest absolute Gasteiger partial charge is 0.411 e. The van der Waals surface area contributed by atoms with Crippen LogP contribution in [-0.2, 0) is 4.74 Å². The highest BCUT2D eigenvalue weighted by Gasteiger charge is 2.07. The van der Waals surface area contributed by atoms with E-state index in [1.165, 1.54) is 0 Å². The highest BCUT2D eigenvalue weighted by atomic mass is 16.5. The number of benzene rings is 1. The van der Waals surface area contributed by atoms with Crippen molar-refractivity contribution < 1.29 is 14.3 Å². The lowest BCUT2D eigenvalue weighted by atomic mass is 10.1. The molecule has 1 heterocycles. The third-order valence-corrected chi connectivity index (χ3v) is 3.75. The first-order valence-corrected chi connectivity index (χ1v) is 8.57. The number of methoxy groups -OCH3 is 1. The van der Waals surface area contributed by atoms with Gasteiger partial charge in [-0.1, -0.05) is 18.2 Å². The van der Waals surface area contributed by atoms with Gasteiger partial charge in [-0.05, 0) is 49.6 Å². The molecule has 0 aliphatic rings. The molecule has 1 amide bonds. The van der Waals surface area contributed by atoms with Crippen LogP contribution in [0, 0.1) is 6.92 Å². The monoisotopic (exact) mass is 355 g/mol. The summed E-state index contributed by atoms with van der Waals surface area (Å²) in [5.41, 5.74) is 3.70. The highest BCUT2D eigenvalue weighted by molar-refractivity contribution is 5.87. The van der Waals surface area contributed by atoms with Crippen LogP contribution in [0.25, 0.3) is 6.08 Å². The van der Waals surface area contributed by atoms with Crippen LogP contribution < -0.4 is 15.4 Å². The maximum Gasteiger partial charge on any atom is 0.411 e. The first kappa shape index (κ1) is 19.3. The molecule has 1 aromatic heterocycles. The summed E-state index contributed by atoms with van der Waals surface area (Å²) >= 11 is 0. The van der Waals surface area contributed by atoms with Crippen molar-refractivity contribution in [1.29, 1.82) is 0 Å². The van der Waals surface area contributed by atoms with Gasteiger partial charge in [0, 0.05) is 24.1 Å². The Labute approximate surface area is 154 Å². The first-order valence-electron chi connectivity index (χ1n) is 8.57. The average molecular weight is 355 g/mol. The quantitative estimate of drug-likeness (QED) is 0.683. The summed E-state index contributed by atoms with van der Waals surface area (Å²) in [5.74, 6) is 0.742. The molecular weight excluding hydrogens is 330 g/mol.